The van der Waals surface area contributed by atoms with Crippen LogP contribution in [0.1, 0.15) is 6.92 Å². The molecule has 1 aliphatic rings. The van der Waals surface area contributed by atoms with Crippen LogP contribution < -0.4 is 5.32 Å². The molecule has 1 aromatic rings. The first-order valence-corrected chi connectivity index (χ1v) is 5.30. The minimum absolute atomic E-state index is 0.362. The van der Waals surface area contributed by atoms with Crippen LogP contribution in [0.4, 0.5) is 5.69 Å². The average Bonchev–Trinajstić information content (AvgIpc) is 2.29. The summed E-state index contributed by atoms with van der Waals surface area (Å²) in [6.07, 6.45) is 3.10. The third-order valence-corrected chi connectivity index (χ3v) is 2.63. The van der Waals surface area contributed by atoms with Gasteiger partial charge < -0.3 is 10.1 Å². The first-order valence-electron chi connectivity index (χ1n) is 4.42. The zero-order valence-corrected chi connectivity index (χ0v) is 8.87. The highest BCUT2D eigenvalue weighted by Gasteiger charge is 2.18. The van der Waals surface area contributed by atoms with E-state index in [1.807, 2.05) is 0 Å². The van der Waals surface area contributed by atoms with E-state index in [4.69, 9.17) is 4.74 Å². The van der Waals surface area contributed by atoms with Gasteiger partial charge in [0.05, 0.1) is 18.5 Å². The third-order valence-electron chi connectivity index (χ3n) is 1.73. The maximum atomic E-state index is 11.4. The molecule has 1 N–H and O–H groups in total. The molecule has 15 heavy (non-hydrogen) atoms. The molecule has 5 nitrogen and oxygen atoms in total. The molecule has 0 aromatic carbocycles. The maximum absolute atomic E-state index is 11.4. The van der Waals surface area contributed by atoms with E-state index >= 15 is 0 Å². The van der Waals surface area contributed by atoms with Gasteiger partial charge in [0.25, 0.3) is 0 Å². The Bertz CT molecular complexity index is 420. The van der Waals surface area contributed by atoms with Crippen molar-refractivity contribution in [1.29, 1.82) is 0 Å². The van der Waals surface area contributed by atoms with Crippen molar-refractivity contribution in [2.75, 3.05) is 11.9 Å². The van der Waals surface area contributed by atoms with Crippen LogP contribution in [0.5, 0.6) is 0 Å². The Balaban J connectivity index is 2.16. The fourth-order valence-corrected chi connectivity index (χ4v) is 1.82. The number of thioether (sulfide) groups is 1. The zero-order valence-electron chi connectivity index (χ0n) is 8.06. The SMILES string of the molecule is CCOC(=O)C1=CSc2ncncc2N1. The molecule has 0 atom stereocenters. The van der Waals surface area contributed by atoms with Crippen LogP contribution in [0.3, 0.4) is 0 Å². The van der Waals surface area contributed by atoms with Crippen molar-refractivity contribution in [3.8, 4) is 0 Å². The topological polar surface area (TPSA) is 64.1 Å². The van der Waals surface area contributed by atoms with Crippen LogP contribution in [0.15, 0.2) is 28.7 Å². The molecule has 78 valence electrons. The lowest BCUT2D eigenvalue weighted by atomic mass is 10.4. The second-order valence-corrected chi connectivity index (χ2v) is 3.59. The molecular weight excluding hydrogens is 214 g/mol. The molecule has 0 spiro atoms. The van der Waals surface area contributed by atoms with Crippen molar-refractivity contribution in [3.63, 3.8) is 0 Å². The lowest BCUT2D eigenvalue weighted by molar-refractivity contribution is -0.138. The molecule has 2 heterocycles. The number of hydrogen-bond donors (Lipinski definition) is 1. The van der Waals surface area contributed by atoms with Gasteiger partial charge in [-0.1, -0.05) is 11.8 Å². The molecule has 1 aromatic heterocycles. The number of aromatic nitrogens is 2. The van der Waals surface area contributed by atoms with Gasteiger partial charge in [0.2, 0.25) is 0 Å². The van der Waals surface area contributed by atoms with E-state index in [1.54, 1.807) is 18.5 Å². The smallest absolute Gasteiger partial charge is 0.355 e. The number of hydrogen-bond acceptors (Lipinski definition) is 6. The molecule has 0 fully saturated rings. The zero-order chi connectivity index (χ0) is 10.7. The Labute approximate surface area is 90.9 Å². The molecule has 2 rings (SSSR count). The van der Waals surface area contributed by atoms with Gasteiger partial charge in [-0.2, -0.15) is 0 Å². The molecule has 0 radical (unpaired) electrons. The largest absolute Gasteiger partial charge is 0.461 e. The Morgan fingerprint density at radius 2 is 2.53 bits per heavy atom. The van der Waals surface area contributed by atoms with Gasteiger partial charge in [-0.25, -0.2) is 14.8 Å². The first kappa shape index (κ1) is 9.97. The van der Waals surface area contributed by atoms with Crippen LogP contribution >= 0.6 is 11.8 Å². The van der Waals surface area contributed by atoms with E-state index < -0.39 is 0 Å². The lowest BCUT2D eigenvalue weighted by Gasteiger charge is -2.15. The van der Waals surface area contributed by atoms with Gasteiger partial charge in [-0.15, -0.1) is 0 Å². The van der Waals surface area contributed by atoms with Crippen molar-refractivity contribution in [2.24, 2.45) is 0 Å². The van der Waals surface area contributed by atoms with E-state index in [2.05, 4.69) is 15.3 Å². The highest BCUT2D eigenvalue weighted by molar-refractivity contribution is 8.02. The minimum Gasteiger partial charge on any atom is -0.461 e. The molecular formula is C9H9N3O2S. The number of nitrogens with zero attached hydrogens (tertiary/aromatic N) is 2. The van der Waals surface area contributed by atoms with Gasteiger partial charge in [0.1, 0.15) is 17.1 Å². The van der Waals surface area contributed by atoms with Crippen LogP contribution in [-0.2, 0) is 9.53 Å². The summed E-state index contributed by atoms with van der Waals surface area (Å²) in [7, 11) is 0. The predicted octanol–water partition coefficient (Wildman–Crippen LogP) is 1.40. The number of rotatable bonds is 2. The molecule has 0 bridgehead atoms. The van der Waals surface area contributed by atoms with Gasteiger partial charge >= 0.3 is 5.97 Å². The Hall–Kier alpha value is -1.56. The fourth-order valence-electron chi connectivity index (χ4n) is 1.10. The van der Waals surface area contributed by atoms with E-state index in [0.29, 0.717) is 12.3 Å². The molecule has 6 heteroatoms. The number of esters is 1. The normalized spacial score (nSPS) is 13.5. The summed E-state index contributed by atoms with van der Waals surface area (Å²) >= 11 is 1.37. The van der Waals surface area contributed by atoms with Crippen molar-refractivity contribution >= 4 is 23.4 Å². The van der Waals surface area contributed by atoms with Gasteiger partial charge in [-0.05, 0) is 6.92 Å². The Kier molecular flexibility index (Phi) is 2.86. The summed E-state index contributed by atoms with van der Waals surface area (Å²) in [5, 5.41) is 5.41. The number of carbonyl (C=O) groups excluding carboxylic acids is 1. The molecule has 0 saturated carbocycles. The van der Waals surface area contributed by atoms with Gasteiger partial charge in [0.15, 0.2) is 0 Å². The summed E-state index contributed by atoms with van der Waals surface area (Å²) in [4.78, 5) is 19.3. The van der Waals surface area contributed by atoms with Crippen LogP contribution in [-0.4, -0.2) is 22.5 Å². The number of ether oxygens (including phenoxy) is 1. The molecule has 0 amide bonds. The molecule has 0 aliphatic carbocycles. The second kappa shape index (κ2) is 4.31. The first-order chi connectivity index (χ1) is 7.31. The van der Waals surface area contributed by atoms with Crippen molar-refractivity contribution in [2.45, 2.75) is 11.9 Å². The van der Waals surface area contributed by atoms with E-state index in [9.17, 15) is 4.79 Å². The summed E-state index contributed by atoms with van der Waals surface area (Å²) in [6, 6.07) is 0. The quantitative estimate of drug-likeness (QED) is 0.604. The monoisotopic (exact) mass is 223 g/mol. The Morgan fingerprint density at radius 1 is 1.67 bits per heavy atom. The summed E-state index contributed by atoms with van der Waals surface area (Å²) < 4.78 is 4.87. The van der Waals surface area contributed by atoms with E-state index in [-0.39, 0.29) is 5.97 Å². The second-order valence-electron chi connectivity index (χ2n) is 2.74. The lowest BCUT2D eigenvalue weighted by Crippen LogP contribution is -2.16. The molecule has 0 unspecified atom stereocenters. The number of carbonyl (C=O) groups is 1. The van der Waals surface area contributed by atoms with Crippen LogP contribution in [0, 0.1) is 0 Å². The van der Waals surface area contributed by atoms with Gasteiger partial charge in [0, 0.05) is 5.41 Å². The molecule has 0 saturated heterocycles. The number of anilines is 1. The van der Waals surface area contributed by atoms with Crippen molar-refractivity contribution < 1.29 is 9.53 Å². The maximum Gasteiger partial charge on any atom is 0.355 e. The average molecular weight is 223 g/mol. The van der Waals surface area contributed by atoms with Crippen molar-refractivity contribution in [3.05, 3.63) is 23.6 Å². The standard InChI is InChI=1S/C9H9N3O2S/c1-2-14-9(13)7-4-15-8-6(12-7)3-10-5-11-8/h3-5,12H,2H2,1H3. The third kappa shape index (κ3) is 2.10. The summed E-state index contributed by atoms with van der Waals surface area (Å²) in [6.45, 7) is 2.13. The van der Waals surface area contributed by atoms with Gasteiger partial charge in [-0.3, -0.25) is 0 Å². The molecule has 1 aliphatic heterocycles. The fraction of sp³-hybridized carbons (Fsp3) is 0.222. The Morgan fingerprint density at radius 3 is 3.33 bits per heavy atom. The van der Waals surface area contributed by atoms with Crippen LogP contribution in [0.2, 0.25) is 0 Å². The van der Waals surface area contributed by atoms with Crippen molar-refractivity contribution in [1.82, 2.24) is 9.97 Å². The minimum atomic E-state index is -0.362. The summed E-state index contributed by atoms with van der Waals surface area (Å²) in [5.41, 5.74) is 1.15. The van der Waals surface area contributed by atoms with E-state index in [1.165, 1.54) is 18.1 Å². The number of fused-ring (bicyclic) bond motifs is 1. The number of nitrogens with one attached hydrogen (secondary N) is 1. The van der Waals surface area contributed by atoms with E-state index in [0.717, 1.165) is 10.7 Å². The highest BCUT2D eigenvalue weighted by atomic mass is 32.2. The summed E-state index contributed by atoms with van der Waals surface area (Å²) in [5.74, 6) is -0.362. The highest BCUT2D eigenvalue weighted by Crippen LogP contribution is 2.31. The van der Waals surface area contributed by atoms with Crippen LogP contribution in [0.25, 0.3) is 0 Å². The predicted molar refractivity (Wildman–Crippen MR) is 56.2 cm³/mol.